The summed E-state index contributed by atoms with van der Waals surface area (Å²) in [5.41, 5.74) is 23.4. The van der Waals surface area contributed by atoms with E-state index in [1.165, 1.54) is 143 Å². The van der Waals surface area contributed by atoms with Crippen LogP contribution in [0.4, 0.5) is 5.69 Å². The molecule has 0 aliphatic carbocycles. The van der Waals surface area contributed by atoms with Crippen molar-refractivity contribution in [3.05, 3.63) is 192 Å². The molecule has 11 aromatic rings. The highest BCUT2D eigenvalue weighted by Crippen LogP contribution is 2.51. The molecule has 3 nitrogen and oxygen atoms in total. The Balaban J connectivity index is 1.27. The first-order chi connectivity index (χ1) is 37.4. The Morgan fingerprint density at radius 2 is 0.937 bits per heavy atom. The lowest BCUT2D eigenvalue weighted by atomic mass is 9.33. The number of benzene rings is 9. The summed E-state index contributed by atoms with van der Waals surface area (Å²) in [6, 6.07) is 46.3. The maximum atomic E-state index is 4.88. The number of anilines is 1. The largest absolute Gasteiger partial charge is 0.310 e. The zero-order valence-corrected chi connectivity index (χ0v) is 49.5. The number of fused-ring (bicyclic) bond motifs is 10. The van der Waals surface area contributed by atoms with Gasteiger partial charge in [-0.05, 0) is 179 Å². The van der Waals surface area contributed by atoms with Crippen molar-refractivity contribution >= 4 is 105 Å². The van der Waals surface area contributed by atoms with Crippen LogP contribution in [0.1, 0.15) is 138 Å². The molecule has 0 atom stereocenters. The fourth-order valence-electron chi connectivity index (χ4n) is 13.8. The van der Waals surface area contributed by atoms with Crippen LogP contribution in [0, 0.1) is 6.92 Å². The maximum absolute atomic E-state index is 4.88. The lowest BCUT2D eigenvalue weighted by molar-refractivity contribution is 0.590. The first-order valence-electron chi connectivity index (χ1n) is 29.1. The topological polar surface area (TPSA) is 13.1 Å². The third-order valence-corrected chi connectivity index (χ3v) is 18.0. The van der Waals surface area contributed by atoms with E-state index in [0.717, 1.165) is 29.9 Å². The van der Waals surface area contributed by atoms with Gasteiger partial charge in [-0.2, -0.15) is 0 Å². The maximum Gasteiger partial charge on any atom is 0.252 e. The van der Waals surface area contributed by atoms with Crippen molar-refractivity contribution in [3.8, 4) is 22.5 Å². The zero-order valence-electron chi connectivity index (χ0n) is 49.5. The number of aryl methyl sites for hydroxylation is 1. The van der Waals surface area contributed by atoms with E-state index >= 15 is 0 Å². The summed E-state index contributed by atoms with van der Waals surface area (Å²) in [6.45, 7) is 44.9. The van der Waals surface area contributed by atoms with Crippen molar-refractivity contribution in [1.29, 1.82) is 0 Å². The molecule has 2 aliphatic rings. The summed E-state index contributed by atoms with van der Waals surface area (Å²) in [6.07, 6.45) is 10.6. The van der Waals surface area contributed by atoms with Crippen molar-refractivity contribution < 1.29 is 0 Å². The number of nitrogens with zero attached hydrogens (tertiary/aromatic N) is 3. The predicted octanol–water partition coefficient (Wildman–Crippen LogP) is 18.9. The molecule has 394 valence electrons. The lowest BCUT2D eigenvalue weighted by Gasteiger charge is -2.36. The molecule has 0 bridgehead atoms. The van der Waals surface area contributed by atoms with E-state index in [2.05, 4.69) is 257 Å². The highest BCUT2D eigenvalue weighted by atomic mass is 15.2. The second kappa shape index (κ2) is 17.2. The van der Waals surface area contributed by atoms with Gasteiger partial charge in [0.05, 0.1) is 16.7 Å². The first kappa shape index (κ1) is 50.9. The van der Waals surface area contributed by atoms with Gasteiger partial charge in [-0.3, -0.25) is 0 Å². The van der Waals surface area contributed by atoms with Crippen LogP contribution in [0.5, 0.6) is 0 Å². The molecule has 2 aliphatic heterocycles. The smallest absolute Gasteiger partial charge is 0.252 e. The van der Waals surface area contributed by atoms with Crippen LogP contribution < -0.4 is 21.3 Å². The monoisotopic (exact) mass is 1030 g/mol. The standard InChI is InChI=1S/C75H76BN3/c1-18-20-23-43(3)77(44(4)24-21-19-2)71-54-32-28-47-26-22-25-46-27-31-53(67(54)66(46)47)45(5)65(71)48-35-63-68-64(36-48)79-62-34-30-50(73(9,10)11)38-56(62)58-40-52(75(15,16)17)42-60(70(58)79)76(68)59-41-51(74(12,13)14)39-57-55-37-49(72(6,7)8)29-33-61(55)78(63)69(57)59/h20-42H,3-4,18-19H2,1-2,5-17H3/b23-20-,24-21-. The molecule has 9 aromatic carbocycles. The third kappa shape index (κ3) is 7.45. The highest BCUT2D eigenvalue weighted by molar-refractivity contribution is 7.00. The summed E-state index contributed by atoms with van der Waals surface area (Å²) < 4.78 is 5.36. The predicted molar refractivity (Wildman–Crippen MR) is 348 cm³/mol. The summed E-state index contributed by atoms with van der Waals surface area (Å²) in [5.74, 6) is 0. The second-order valence-electron chi connectivity index (χ2n) is 27.4. The normalized spacial score (nSPS) is 13.8. The van der Waals surface area contributed by atoms with E-state index in [4.69, 9.17) is 13.2 Å². The average Bonchev–Trinajstić information content (AvgIpc) is 2.41. The van der Waals surface area contributed by atoms with Crippen LogP contribution in [0.25, 0.3) is 98.4 Å². The molecule has 13 rings (SSSR count). The van der Waals surface area contributed by atoms with Gasteiger partial charge in [0.25, 0.3) is 6.71 Å². The molecule has 4 heterocycles. The van der Waals surface area contributed by atoms with Gasteiger partial charge < -0.3 is 14.0 Å². The second-order valence-corrected chi connectivity index (χ2v) is 27.4. The van der Waals surface area contributed by atoms with Gasteiger partial charge in [0.1, 0.15) is 0 Å². The Morgan fingerprint density at radius 3 is 1.38 bits per heavy atom. The molecule has 0 fully saturated rings. The molecule has 0 spiro atoms. The fraction of sp³-hybridized carbons (Fsp3) is 0.280. The number of hydrogen-bond acceptors (Lipinski definition) is 1. The van der Waals surface area contributed by atoms with Crippen molar-refractivity contribution in [1.82, 2.24) is 9.13 Å². The SMILES string of the molecule is C=C(/C=C\CC)N(C(=C)/C=C\CC)c1c(-c2cc3c4c(c2)-n2c5ccc(C(C)(C)C)cc5c5cc(C(C)(C)C)cc(c52)B4c2cc(C(C)(C)C)cc4c5cc(C(C)(C)C)ccc5n-3c24)c(C)c2ccc3cccc4ccc1c2c34. The quantitative estimate of drug-likeness (QED) is 0.0840. The van der Waals surface area contributed by atoms with E-state index in [0.29, 0.717) is 0 Å². The highest BCUT2D eigenvalue weighted by Gasteiger charge is 2.43. The van der Waals surface area contributed by atoms with Gasteiger partial charge in [0, 0.05) is 66.3 Å². The van der Waals surface area contributed by atoms with Crippen molar-refractivity contribution in [2.45, 2.75) is 138 Å². The molecule has 0 saturated carbocycles. The van der Waals surface area contributed by atoms with Gasteiger partial charge in [-0.25, -0.2) is 0 Å². The minimum absolute atomic E-state index is 0.0310. The van der Waals surface area contributed by atoms with Gasteiger partial charge in [-0.15, -0.1) is 0 Å². The zero-order chi connectivity index (χ0) is 55.7. The molecule has 0 radical (unpaired) electrons. The third-order valence-electron chi connectivity index (χ3n) is 18.0. The van der Waals surface area contributed by atoms with E-state index in [-0.39, 0.29) is 28.4 Å². The minimum Gasteiger partial charge on any atom is -0.310 e. The molecule has 0 saturated heterocycles. The van der Waals surface area contributed by atoms with Crippen LogP contribution >= 0.6 is 0 Å². The van der Waals surface area contributed by atoms with Crippen LogP contribution in [0.2, 0.25) is 0 Å². The van der Waals surface area contributed by atoms with Crippen LogP contribution in [-0.4, -0.2) is 15.8 Å². The lowest BCUT2D eigenvalue weighted by Crippen LogP contribution is -2.59. The van der Waals surface area contributed by atoms with Crippen molar-refractivity contribution in [2.24, 2.45) is 0 Å². The minimum atomic E-state index is -0.0907. The van der Waals surface area contributed by atoms with Gasteiger partial charge >= 0.3 is 0 Å². The Morgan fingerprint density at radius 1 is 0.494 bits per heavy atom. The summed E-state index contributed by atoms with van der Waals surface area (Å²) in [5, 5.41) is 12.8. The van der Waals surface area contributed by atoms with Crippen molar-refractivity contribution in [3.63, 3.8) is 0 Å². The molecule has 0 amide bonds. The molecular formula is C75H76BN3. The molecule has 79 heavy (non-hydrogen) atoms. The summed E-state index contributed by atoms with van der Waals surface area (Å²) in [7, 11) is 0. The van der Waals surface area contributed by atoms with Gasteiger partial charge in [0.15, 0.2) is 0 Å². The van der Waals surface area contributed by atoms with Crippen LogP contribution in [0.15, 0.2) is 164 Å². The van der Waals surface area contributed by atoms with Crippen LogP contribution in [0.3, 0.4) is 0 Å². The van der Waals surface area contributed by atoms with Gasteiger partial charge in [0.2, 0.25) is 0 Å². The first-order valence-corrected chi connectivity index (χ1v) is 29.1. The Labute approximate surface area is 469 Å². The van der Waals surface area contributed by atoms with E-state index in [9.17, 15) is 0 Å². The molecule has 0 N–H and O–H groups in total. The number of rotatable bonds is 8. The Kier molecular flexibility index (Phi) is 11.1. The molecule has 2 aromatic heterocycles. The number of aromatic nitrogens is 2. The Bertz CT molecular complexity index is 4310. The average molecular weight is 1030 g/mol. The Hall–Kier alpha value is -7.56. The summed E-state index contributed by atoms with van der Waals surface area (Å²) in [4.78, 5) is 2.36. The van der Waals surface area contributed by atoms with Gasteiger partial charge in [-0.1, -0.05) is 189 Å². The van der Waals surface area contributed by atoms with E-state index in [1.807, 2.05) is 0 Å². The van der Waals surface area contributed by atoms with E-state index in [1.54, 1.807) is 0 Å². The van der Waals surface area contributed by atoms with Crippen LogP contribution in [-0.2, 0) is 21.7 Å². The molecule has 4 heteroatoms. The van der Waals surface area contributed by atoms with Crippen molar-refractivity contribution in [2.75, 3.05) is 4.90 Å². The number of hydrogen-bond donors (Lipinski definition) is 0. The number of allylic oxidation sites excluding steroid dienone is 4. The van der Waals surface area contributed by atoms with E-state index < -0.39 is 0 Å². The molecular weight excluding hydrogens is 954 g/mol. The fourth-order valence-corrected chi connectivity index (χ4v) is 13.8. The summed E-state index contributed by atoms with van der Waals surface area (Å²) >= 11 is 0. The molecule has 0 unspecified atom stereocenters.